The van der Waals surface area contributed by atoms with Crippen molar-refractivity contribution in [2.45, 2.75) is 19.4 Å². The Balaban J connectivity index is 0.00000147. The lowest BCUT2D eigenvalue weighted by atomic mass is 10.0. The van der Waals surface area contributed by atoms with E-state index in [1.165, 1.54) is 10.4 Å². The summed E-state index contributed by atoms with van der Waals surface area (Å²) >= 11 is 1.77. The van der Waals surface area contributed by atoms with Crippen LogP contribution in [0.5, 0.6) is 0 Å². The molecule has 0 spiro atoms. The van der Waals surface area contributed by atoms with Crippen molar-refractivity contribution in [1.29, 1.82) is 0 Å². The summed E-state index contributed by atoms with van der Waals surface area (Å²) in [6, 6.07) is 7.38. The number of anilines is 1. The number of pyridine rings is 1. The van der Waals surface area contributed by atoms with E-state index in [0.717, 1.165) is 13.0 Å². The lowest BCUT2D eigenvalue weighted by Crippen LogP contribution is -2.38. The Labute approximate surface area is 128 Å². The molecular formula is C14H16ClN3OS. The molecule has 0 bridgehead atoms. The number of hydrogen-bond donors (Lipinski definition) is 1. The van der Waals surface area contributed by atoms with Gasteiger partial charge in [0.15, 0.2) is 0 Å². The van der Waals surface area contributed by atoms with Gasteiger partial charge in [0.05, 0.1) is 6.04 Å². The summed E-state index contributed by atoms with van der Waals surface area (Å²) in [5, 5.41) is 2.09. The van der Waals surface area contributed by atoms with Crippen LogP contribution in [0.3, 0.4) is 0 Å². The lowest BCUT2D eigenvalue weighted by Gasteiger charge is -2.33. The second kappa shape index (κ2) is 5.81. The molecule has 0 aromatic carbocycles. The number of halogens is 1. The van der Waals surface area contributed by atoms with Crippen molar-refractivity contribution in [3.8, 4) is 0 Å². The van der Waals surface area contributed by atoms with Gasteiger partial charge in [0.2, 0.25) is 0 Å². The van der Waals surface area contributed by atoms with E-state index in [4.69, 9.17) is 5.73 Å². The van der Waals surface area contributed by atoms with E-state index >= 15 is 0 Å². The topological polar surface area (TPSA) is 59.2 Å². The van der Waals surface area contributed by atoms with Gasteiger partial charge in [-0.15, -0.1) is 23.7 Å². The highest BCUT2D eigenvalue weighted by molar-refractivity contribution is 7.10. The van der Waals surface area contributed by atoms with Crippen molar-refractivity contribution in [2.24, 2.45) is 0 Å². The summed E-state index contributed by atoms with van der Waals surface area (Å²) in [4.78, 5) is 19.9. The number of aromatic nitrogens is 1. The fourth-order valence-corrected chi connectivity index (χ4v) is 3.47. The molecule has 2 N–H and O–H groups in total. The minimum absolute atomic E-state index is 0. The van der Waals surface area contributed by atoms with Crippen LogP contribution in [-0.4, -0.2) is 22.3 Å². The minimum atomic E-state index is -0.0448. The number of hydrogen-bond acceptors (Lipinski definition) is 4. The average molecular weight is 310 g/mol. The molecule has 2 aromatic rings. The standard InChI is InChI=1S/C14H15N3OS.ClH/c1-9-10-6-8-19-12(10)5-7-17(9)14(18)11-3-2-4-13(15)16-11;/h2-4,6,8-9H,5,7H2,1H3,(H2,15,16);1H. The first-order chi connectivity index (χ1) is 9.16. The maximum Gasteiger partial charge on any atom is 0.273 e. The Bertz CT molecular complexity index is 628. The third kappa shape index (κ3) is 2.51. The van der Waals surface area contributed by atoms with Crippen molar-refractivity contribution >= 4 is 35.5 Å². The molecule has 3 heterocycles. The molecular weight excluding hydrogens is 294 g/mol. The fraction of sp³-hybridized carbons (Fsp3) is 0.286. The molecule has 0 saturated heterocycles. The van der Waals surface area contributed by atoms with Crippen molar-refractivity contribution in [1.82, 2.24) is 9.88 Å². The van der Waals surface area contributed by atoms with Crippen molar-refractivity contribution < 1.29 is 4.79 Å². The monoisotopic (exact) mass is 309 g/mol. The molecule has 0 fully saturated rings. The normalized spacial score (nSPS) is 17.2. The van der Waals surface area contributed by atoms with Crippen LogP contribution < -0.4 is 5.73 Å². The molecule has 4 nitrogen and oxygen atoms in total. The molecule has 0 radical (unpaired) electrons. The highest BCUT2D eigenvalue weighted by Gasteiger charge is 2.29. The second-order valence-electron chi connectivity index (χ2n) is 4.67. The van der Waals surface area contributed by atoms with E-state index in [2.05, 4.69) is 23.4 Å². The summed E-state index contributed by atoms with van der Waals surface area (Å²) in [6.45, 7) is 2.80. The highest BCUT2D eigenvalue weighted by Crippen LogP contribution is 2.33. The molecule has 3 rings (SSSR count). The van der Waals surface area contributed by atoms with Gasteiger partial charge in [0.1, 0.15) is 11.5 Å². The van der Waals surface area contributed by atoms with Gasteiger partial charge in [-0.3, -0.25) is 4.79 Å². The Kier molecular flexibility index (Phi) is 4.30. The first-order valence-electron chi connectivity index (χ1n) is 6.26. The maximum absolute atomic E-state index is 12.5. The van der Waals surface area contributed by atoms with Gasteiger partial charge in [0, 0.05) is 11.4 Å². The zero-order valence-corrected chi connectivity index (χ0v) is 12.7. The van der Waals surface area contributed by atoms with Crippen molar-refractivity contribution in [3.05, 3.63) is 45.8 Å². The quantitative estimate of drug-likeness (QED) is 0.881. The van der Waals surface area contributed by atoms with Crippen LogP contribution in [0, 0.1) is 0 Å². The molecule has 0 aliphatic carbocycles. The zero-order valence-electron chi connectivity index (χ0n) is 11.1. The van der Waals surface area contributed by atoms with Gasteiger partial charge in [-0.25, -0.2) is 4.98 Å². The minimum Gasteiger partial charge on any atom is -0.384 e. The van der Waals surface area contributed by atoms with E-state index in [1.807, 2.05) is 4.90 Å². The fourth-order valence-electron chi connectivity index (χ4n) is 2.50. The average Bonchev–Trinajstić information content (AvgIpc) is 2.88. The van der Waals surface area contributed by atoms with Crippen LogP contribution in [0.1, 0.15) is 33.9 Å². The Morgan fingerprint density at radius 1 is 1.45 bits per heavy atom. The summed E-state index contributed by atoms with van der Waals surface area (Å²) in [7, 11) is 0. The molecule has 1 aliphatic heterocycles. The molecule has 1 aliphatic rings. The number of nitrogen functional groups attached to an aromatic ring is 1. The Hall–Kier alpha value is -1.59. The number of amides is 1. The second-order valence-corrected chi connectivity index (χ2v) is 5.67. The smallest absolute Gasteiger partial charge is 0.273 e. The maximum atomic E-state index is 12.5. The highest BCUT2D eigenvalue weighted by atomic mass is 35.5. The zero-order chi connectivity index (χ0) is 13.4. The number of carbonyl (C=O) groups excluding carboxylic acids is 1. The Morgan fingerprint density at radius 3 is 3.00 bits per heavy atom. The third-order valence-corrected chi connectivity index (χ3v) is 4.52. The van der Waals surface area contributed by atoms with Crippen LogP contribution in [-0.2, 0) is 6.42 Å². The van der Waals surface area contributed by atoms with Gasteiger partial charge in [-0.1, -0.05) is 6.07 Å². The largest absolute Gasteiger partial charge is 0.384 e. The number of carbonyl (C=O) groups is 1. The molecule has 6 heteroatoms. The van der Waals surface area contributed by atoms with Crippen LogP contribution in [0.4, 0.5) is 5.82 Å². The van der Waals surface area contributed by atoms with Crippen molar-refractivity contribution in [3.63, 3.8) is 0 Å². The summed E-state index contributed by atoms with van der Waals surface area (Å²) in [5.41, 5.74) is 7.32. The van der Waals surface area contributed by atoms with Crippen LogP contribution in [0.2, 0.25) is 0 Å². The van der Waals surface area contributed by atoms with Gasteiger partial charge in [0.25, 0.3) is 5.91 Å². The SMILES string of the molecule is CC1c2ccsc2CCN1C(=O)c1cccc(N)n1.Cl. The predicted molar refractivity (Wildman–Crippen MR) is 83.4 cm³/mol. The third-order valence-electron chi connectivity index (χ3n) is 3.53. The van der Waals surface area contributed by atoms with Crippen LogP contribution >= 0.6 is 23.7 Å². The predicted octanol–water partition coefficient (Wildman–Crippen LogP) is 2.91. The van der Waals surface area contributed by atoms with Gasteiger partial charge in [-0.05, 0) is 42.5 Å². The summed E-state index contributed by atoms with van der Waals surface area (Å²) < 4.78 is 0. The van der Waals surface area contributed by atoms with E-state index < -0.39 is 0 Å². The molecule has 106 valence electrons. The Morgan fingerprint density at radius 2 is 2.25 bits per heavy atom. The van der Waals surface area contributed by atoms with Crippen molar-refractivity contribution in [2.75, 3.05) is 12.3 Å². The van der Waals surface area contributed by atoms with E-state index in [1.54, 1.807) is 29.5 Å². The van der Waals surface area contributed by atoms with Crippen LogP contribution in [0.25, 0.3) is 0 Å². The molecule has 1 atom stereocenters. The number of rotatable bonds is 1. The molecule has 1 unspecified atom stereocenters. The number of nitrogens with zero attached hydrogens (tertiary/aromatic N) is 2. The molecule has 1 amide bonds. The first-order valence-corrected chi connectivity index (χ1v) is 7.14. The molecule has 2 aromatic heterocycles. The number of thiophene rings is 1. The van der Waals surface area contributed by atoms with Gasteiger partial charge < -0.3 is 10.6 Å². The molecule has 0 saturated carbocycles. The van der Waals surface area contributed by atoms with E-state index in [9.17, 15) is 4.79 Å². The molecule has 20 heavy (non-hydrogen) atoms. The number of nitrogens with two attached hydrogens (primary N) is 1. The van der Waals surface area contributed by atoms with Gasteiger partial charge in [-0.2, -0.15) is 0 Å². The van der Waals surface area contributed by atoms with E-state index in [-0.39, 0.29) is 24.4 Å². The van der Waals surface area contributed by atoms with Crippen LogP contribution in [0.15, 0.2) is 29.6 Å². The summed E-state index contributed by atoms with van der Waals surface area (Å²) in [6.07, 6.45) is 0.922. The van der Waals surface area contributed by atoms with Gasteiger partial charge >= 0.3 is 0 Å². The van der Waals surface area contributed by atoms with E-state index in [0.29, 0.717) is 11.5 Å². The lowest BCUT2D eigenvalue weighted by molar-refractivity contribution is 0.0673. The summed E-state index contributed by atoms with van der Waals surface area (Å²) in [5.74, 6) is 0.336. The first kappa shape index (κ1) is 14.8. The number of fused-ring (bicyclic) bond motifs is 1.